The molecule has 2 heterocycles. The Morgan fingerprint density at radius 1 is 0.895 bits per heavy atom. The van der Waals surface area contributed by atoms with Crippen LogP contribution in [0.15, 0.2) is 48.8 Å². The van der Waals surface area contributed by atoms with E-state index in [1.54, 1.807) is 29.2 Å². The fourth-order valence-electron chi connectivity index (χ4n) is 1.74. The van der Waals surface area contributed by atoms with E-state index < -0.39 is 0 Å². The van der Waals surface area contributed by atoms with Crippen LogP contribution in [-0.4, -0.2) is 19.7 Å². The maximum Gasteiger partial charge on any atom is 0.243 e. The number of nitrogens with zero attached hydrogens (tertiary/aromatic N) is 4. The number of hydrogen-bond donors (Lipinski definition) is 0. The topological polar surface area (TPSA) is 43.6 Å². The van der Waals surface area contributed by atoms with Crippen molar-refractivity contribution >= 4 is 23.2 Å². The Morgan fingerprint density at radius 2 is 1.58 bits per heavy atom. The zero-order chi connectivity index (χ0) is 13.2. The lowest BCUT2D eigenvalue weighted by Crippen LogP contribution is -1.99. The first-order chi connectivity index (χ1) is 9.24. The van der Waals surface area contributed by atoms with E-state index in [4.69, 9.17) is 23.2 Å². The predicted octanol–water partition coefficient (Wildman–Crippen LogP) is 3.64. The highest BCUT2D eigenvalue weighted by atomic mass is 35.5. The molecule has 0 saturated heterocycles. The van der Waals surface area contributed by atoms with E-state index in [9.17, 15) is 0 Å². The minimum absolute atomic E-state index is 0.196. The van der Waals surface area contributed by atoms with Gasteiger partial charge in [0.05, 0.1) is 5.69 Å². The first kappa shape index (κ1) is 12.1. The zero-order valence-electron chi connectivity index (χ0n) is 9.66. The van der Waals surface area contributed by atoms with Crippen LogP contribution in [0.3, 0.4) is 0 Å². The van der Waals surface area contributed by atoms with Crippen molar-refractivity contribution in [2.75, 3.05) is 0 Å². The van der Waals surface area contributed by atoms with Gasteiger partial charge >= 0.3 is 0 Å². The predicted molar refractivity (Wildman–Crippen MR) is 74.6 cm³/mol. The molecule has 0 radical (unpaired) electrons. The second kappa shape index (κ2) is 4.99. The van der Waals surface area contributed by atoms with Gasteiger partial charge < -0.3 is 0 Å². The van der Waals surface area contributed by atoms with Crippen molar-refractivity contribution in [2.24, 2.45) is 0 Å². The first-order valence-electron chi connectivity index (χ1n) is 5.53. The third-order valence-electron chi connectivity index (χ3n) is 2.59. The fraction of sp³-hybridized carbons (Fsp3) is 0. The molecule has 0 amide bonds. The molecule has 3 rings (SSSR count). The molecule has 0 bridgehead atoms. The molecule has 0 aliphatic heterocycles. The van der Waals surface area contributed by atoms with E-state index in [2.05, 4.69) is 15.1 Å². The minimum atomic E-state index is 0.196. The molecule has 0 fully saturated rings. The molecule has 6 heteroatoms. The molecule has 19 heavy (non-hydrogen) atoms. The SMILES string of the molecule is Clc1ccc(-n2nc(Cl)nc2-c2ccncc2)cc1. The Morgan fingerprint density at radius 3 is 2.26 bits per heavy atom. The van der Waals surface area contributed by atoms with Crippen LogP contribution in [0.1, 0.15) is 0 Å². The summed E-state index contributed by atoms with van der Waals surface area (Å²) in [4.78, 5) is 8.22. The van der Waals surface area contributed by atoms with E-state index >= 15 is 0 Å². The number of pyridine rings is 1. The molecular weight excluding hydrogens is 283 g/mol. The molecule has 1 aromatic carbocycles. The Labute approximate surface area is 119 Å². The van der Waals surface area contributed by atoms with Gasteiger partial charge in [-0.05, 0) is 48.0 Å². The van der Waals surface area contributed by atoms with Crippen molar-refractivity contribution in [2.45, 2.75) is 0 Å². The smallest absolute Gasteiger partial charge is 0.243 e. The summed E-state index contributed by atoms with van der Waals surface area (Å²) in [6.45, 7) is 0. The van der Waals surface area contributed by atoms with Gasteiger partial charge in [-0.15, -0.1) is 5.10 Å². The normalized spacial score (nSPS) is 10.6. The van der Waals surface area contributed by atoms with Gasteiger partial charge in [0.15, 0.2) is 5.82 Å². The van der Waals surface area contributed by atoms with Gasteiger partial charge in [-0.25, -0.2) is 4.68 Å². The summed E-state index contributed by atoms with van der Waals surface area (Å²) in [7, 11) is 0. The lowest BCUT2D eigenvalue weighted by molar-refractivity contribution is 0.887. The third-order valence-corrected chi connectivity index (χ3v) is 3.00. The largest absolute Gasteiger partial charge is 0.265 e. The molecule has 0 unspecified atom stereocenters. The van der Waals surface area contributed by atoms with Gasteiger partial charge in [0.2, 0.25) is 5.28 Å². The van der Waals surface area contributed by atoms with Gasteiger partial charge in [-0.1, -0.05) is 11.6 Å². The Bertz CT molecular complexity index is 692. The minimum Gasteiger partial charge on any atom is -0.265 e. The molecule has 2 aromatic heterocycles. The molecule has 0 N–H and O–H groups in total. The van der Waals surface area contributed by atoms with Crippen LogP contribution >= 0.6 is 23.2 Å². The molecule has 0 aliphatic carbocycles. The van der Waals surface area contributed by atoms with E-state index in [-0.39, 0.29) is 5.28 Å². The number of halogens is 2. The summed E-state index contributed by atoms with van der Waals surface area (Å²) in [5.74, 6) is 0.662. The monoisotopic (exact) mass is 290 g/mol. The lowest BCUT2D eigenvalue weighted by Gasteiger charge is -2.05. The highest BCUT2D eigenvalue weighted by Gasteiger charge is 2.12. The number of rotatable bonds is 2. The molecular formula is C13H8Cl2N4. The van der Waals surface area contributed by atoms with Crippen molar-refractivity contribution < 1.29 is 0 Å². The van der Waals surface area contributed by atoms with Gasteiger partial charge in [0.25, 0.3) is 0 Å². The number of hydrogen-bond acceptors (Lipinski definition) is 3. The van der Waals surface area contributed by atoms with Crippen LogP contribution < -0.4 is 0 Å². The van der Waals surface area contributed by atoms with Gasteiger partial charge in [-0.3, -0.25) is 4.98 Å². The number of benzene rings is 1. The standard InChI is InChI=1S/C13H8Cl2N4/c14-10-1-3-11(4-2-10)19-12(17-13(15)18-19)9-5-7-16-8-6-9/h1-8H. The van der Waals surface area contributed by atoms with E-state index in [1.807, 2.05) is 24.3 Å². The molecule has 94 valence electrons. The molecule has 0 aliphatic rings. The van der Waals surface area contributed by atoms with Gasteiger partial charge in [0, 0.05) is 23.0 Å². The summed E-state index contributed by atoms with van der Waals surface area (Å²) < 4.78 is 1.67. The molecule has 0 atom stereocenters. The summed E-state index contributed by atoms with van der Waals surface area (Å²) >= 11 is 11.8. The average molecular weight is 291 g/mol. The summed E-state index contributed by atoms with van der Waals surface area (Å²) in [5, 5.41) is 5.06. The van der Waals surface area contributed by atoms with Crippen molar-refractivity contribution in [3.63, 3.8) is 0 Å². The van der Waals surface area contributed by atoms with Crippen LogP contribution in [-0.2, 0) is 0 Å². The van der Waals surface area contributed by atoms with Gasteiger partial charge in [-0.2, -0.15) is 4.98 Å². The first-order valence-corrected chi connectivity index (χ1v) is 6.28. The highest BCUT2D eigenvalue weighted by molar-refractivity contribution is 6.30. The summed E-state index contributed by atoms with van der Waals surface area (Å²) in [6, 6.07) is 11.0. The Balaban J connectivity index is 2.15. The average Bonchev–Trinajstić information content (AvgIpc) is 2.83. The highest BCUT2D eigenvalue weighted by Crippen LogP contribution is 2.22. The Kier molecular flexibility index (Phi) is 3.19. The van der Waals surface area contributed by atoms with Crippen molar-refractivity contribution in [3.8, 4) is 17.1 Å². The zero-order valence-corrected chi connectivity index (χ0v) is 11.2. The van der Waals surface area contributed by atoms with Crippen molar-refractivity contribution in [1.29, 1.82) is 0 Å². The van der Waals surface area contributed by atoms with E-state index in [0.29, 0.717) is 10.8 Å². The summed E-state index contributed by atoms with van der Waals surface area (Å²) in [5.41, 5.74) is 1.74. The van der Waals surface area contributed by atoms with Crippen molar-refractivity contribution in [1.82, 2.24) is 19.7 Å². The van der Waals surface area contributed by atoms with E-state index in [0.717, 1.165) is 11.3 Å². The Hall–Kier alpha value is -1.91. The van der Waals surface area contributed by atoms with E-state index in [1.165, 1.54) is 0 Å². The molecule has 3 aromatic rings. The van der Waals surface area contributed by atoms with Gasteiger partial charge in [0.1, 0.15) is 0 Å². The van der Waals surface area contributed by atoms with Crippen LogP contribution in [0.5, 0.6) is 0 Å². The maximum absolute atomic E-state index is 5.91. The van der Waals surface area contributed by atoms with Crippen LogP contribution in [0.4, 0.5) is 0 Å². The van der Waals surface area contributed by atoms with Crippen LogP contribution in [0.25, 0.3) is 17.1 Å². The maximum atomic E-state index is 5.91. The third kappa shape index (κ3) is 2.45. The molecule has 0 spiro atoms. The lowest BCUT2D eigenvalue weighted by atomic mass is 10.2. The second-order valence-corrected chi connectivity index (χ2v) is 4.60. The fourth-order valence-corrected chi connectivity index (χ4v) is 2.02. The number of aromatic nitrogens is 4. The van der Waals surface area contributed by atoms with Crippen LogP contribution in [0, 0.1) is 0 Å². The second-order valence-electron chi connectivity index (χ2n) is 3.83. The molecule has 0 saturated carbocycles. The quantitative estimate of drug-likeness (QED) is 0.724. The molecule has 4 nitrogen and oxygen atoms in total. The van der Waals surface area contributed by atoms with Crippen LogP contribution in [0.2, 0.25) is 10.3 Å². The van der Waals surface area contributed by atoms with Crippen molar-refractivity contribution in [3.05, 3.63) is 59.1 Å². The summed E-state index contributed by atoms with van der Waals surface area (Å²) in [6.07, 6.45) is 3.40.